The van der Waals surface area contributed by atoms with Gasteiger partial charge in [-0.25, -0.2) is 4.79 Å². The van der Waals surface area contributed by atoms with E-state index in [-0.39, 0.29) is 23.8 Å². The lowest BCUT2D eigenvalue weighted by atomic mass is 10.0. The van der Waals surface area contributed by atoms with E-state index in [4.69, 9.17) is 5.11 Å². The summed E-state index contributed by atoms with van der Waals surface area (Å²) in [6.07, 6.45) is 6.55. The number of carbonyl (C=O) groups excluding carboxylic acids is 2. The Morgan fingerprint density at radius 1 is 0.852 bits per heavy atom. The molecule has 6 heteroatoms. The second-order valence-electron chi connectivity index (χ2n) is 7.65. The van der Waals surface area contributed by atoms with Crippen molar-refractivity contribution in [2.45, 2.75) is 44.9 Å². The van der Waals surface area contributed by atoms with Gasteiger partial charge in [-0.05, 0) is 42.9 Å². The summed E-state index contributed by atoms with van der Waals surface area (Å²) in [4.78, 5) is 39.8. The van der Waals surface area contributed by atoms with Gasteiger partial charge in [0.25, 0.3) is 0 Å². The van der Waals surface area contributed by atoms with E-state index >= 15 is 0 Å². The zero-order valence-electron chi connectivity index (χ0n) is 15.7. The second-order valence-corrected chi connectivity index (χ2v) is 7.65. The number of benzene rings is 1. The van der Waals surface area contributed by atoms with Gasteiger partial charge in [-0.15, -0.1) is 0 Å². The van der Waals surface area contributed by atoms with Crippen molar-refractivity contribution in [2.75, 3.05) is 26.2 Å². The van der Waals surface area contributed by atoms with E-state index in [9.17, 15) is 14.4 Å². The molecule has 1 aliphatic heterocycles. The quantitative estimate of drug-likeness (QED) is 0.862. The summed E-state index contributed by atoms with van der Waals surface area (Å²) in [6, 6.07) is 6.43. The zero-order valence-corrected chi connectivity index (χ0v) is 15.7. The van der Waals surface area contributed by atoms with Crippen LogP contribution in [0.3, 0.4) is 0 Å². The number of carboxylic acids is 1. The molecule has 0 spiro atoms. The number of hydrogen-bond acceptors (Lipinski definition) is 3. The zero-order chi connectivity index (χ0) is 19.2. The molecule has 1 saturated heterocycles. The topological polar surface area (TPSA) is 77.9 Å². The van der Waals surface area contributed by atoms with Crippen LogP contribution in [0.25, 0.3) is 0 Å². The number of aromatic carboxylic acids is 1. The average Bonchev–Trinajstić information content (AvgIpc) is 3.03. The molecule has 1 saturated carbocycles. The van der Waals surface area contributed by atoms with Gasteiger partial charge in [0.1, 0.15) is 0 Å². The monoisotopic (exact) mass is 372 g/mol. The van der Waals surface area contributed by atoms with Crippen molar-refractivity contribution in [3.8, 4) is 0 Å². The van der Waals surface area contributed by atoms with Crippen molar-refractivity contribution in [1.29, 1.82) is 0 Å². The Morgan fingerprint density at radius 2 is 1.44 bits per heavy atom. The molecular weight excluding hydrogens is 344 g/mol. The van der Waals surface area contributed by atoms with Crippen molar-refractivity contribution in [3.63, 3.8) is 0 Å². The van der Waals surface area contributed by atoms with Crippen LogP contribution in [0.2, 0.25) is 0 Å². The Hall–Kier alpha value is -2.37. The molecule has 2 amide bonds. The molecule has 6 nitrogen and oxygen atoms in total. The maximum absolute atomic E-state index is 12.6. The number of carbonyl (C=O) groups is 3. The van der Waals surface area contributed by atoms with E-state index in [0.717, 1.165) is 18.5 Å². The van der Waals surface area contributed by atoms with E-state index < -0.39 is 5.97 Å². The van der Waals surface area contributed by atoms with Crippen LogP contribution in [0.15, 0.2) is 24.3 Å². The molecule has 1 aromatic rings. The highest BCUT2D eigenvalue weighted by molar-refractivity contribution is 5.87. The summed E-state index contributed by atoms with van der Waals surface area (Å²) >= 11 is 0. The van der Waals surface area contributed by atoms with Gasteiger partial charge in [0.15, 0.2) is 0 Å². The predicted octanol–water partition coefficient (Wildman–Crippen LogP) is 2.57. The highest BCUT2D eigenvalue weighted by Crippen LogP contribution is 2.28. The van der Waals surface area contributed by atoms with Crippen LogP contribution >= 0.6 is 0 Å². The van der Waals surface area contributed by atoms with E-state index in [1.165, 1.54) is 37.8 Å². The summed E-state index contributed by atoms with van der Waals surface area (Å²) in [5.41, 5.74) is 1.03. The van der Waals surface area contributed by atoms with Crippen LogP contribution in [0.4, 0.5) is 0 Å². The minimum Gasteiger partial charge on any atom is -0.478 e. The Morgan fingerprint density at radius 3 is 2.04 bits per heavy atom. The van der Waals surface area contributed by atoms with Gasteiger partial charge in [-0.2, -0.15) is 0 Å². The third kappa shape index (κ3) is 5.31. The van der Waals surface area contributed by atoms with E-state index in [1.54, 1.807) is 12.1 Å². The largest absolute Gasteiger partial charge is 0.478 e. The van der Waals surface area contributed by atoms with Crippen LogP contribution in [0, 0.1) is 5.92 Å². The number of amides is 2. The number of carboxylic acid groups (broad SMARTS) is 1. The summed E-state index contributed by atoms with van der Waals surface area (Å²) in [7, 11) is 0. The van der Waals surface area contributed by atoms with Gasteiger partial charge in [0.2, 0.25) is 11.8 Å². The fraction of sp³-hybridized carbons (Fsp3) is 0.571. The molecule has 1 heterocycles. The smallest absolute Gasteiger partial charge is 0.335 e. The lowest BCUT2D eigenvalue weighted by Gasteiger charge is -2.23. The van der Waals surface area contributed by atoms with Crippen LogP contribution < -0.4 is 0 Å². The molecule has 1 N–H and O–H groups in total. The SMILES string of the molecule is O=C(O)c1ccc(CC(=O)N2CCCN(C(=O)CC3CCCC3)CC2)cc1. The third-order valence-corrected chi connectivity index (χ3v) is 5.70. The molecule has 0 bridgehead atoms. The molecule has 27 heavy (non-hydrogen) atoms. The second kappa shape index (κ2) is 9.02. The van der Waals surface area contributed by atoms with Gasteiger partial charge in [-0.1, -0.05) is 25.0 Å². The number of hydrogen-bond donors (Lipinski definition) is 1. The molecule has 2 fully saturated rings. The van der Waals surface area contributed by atoms with Crippen molar-refractivity contribution in [3.05, 3.63) is 35.4 Å². The summed E-state index contributed by atoms with van der Waals surface area (Å²) < 4.78 is 0. The van der Waals surface area contributed by atoms with Gasteiger partial charge < -0.3 is 14.9 Å². The fourth-order valence-corrected chi connectivity index (χ4v) is 4.06. The highest BCUT2D eigenvalue weighted by Gasteiger charge is 2.25. The molecule has 0 radical (unpaired) electrons. The minimum atomic E-state index is -0.970. The van der Waals surface area contributed by atoms with E-state index in [0.29, 0.717) is 32.0 Å². The van der Waals surface area contributed by atoms with Crippen molar-refractivity contribution in [2.24, 2.45) is 5.92 Å². The van der Waals surface area contributed by atoms with Crippen molar-refractivity contribution in [1.82, 2.24) is 9.80 Å². The lowest BCUT2D eigenvalue weighted by molar-refractivity contribution is -0.133. The first-order chi connectivity index (χ1) is 13.0. The van der Waals surface area contributed by atoms with Crippen molar-refractivity contribution >= 4 is 17.8 Å². The molecule has 146 valence electrons. The molecule has 0 aromatic heterocycles. The van der Waals surface area contributed by atoms with Gasteiger partial charge in [0.05, 0.1) is 12.0 Å². The highest BCUT2D eigenvalue weighted by atomic mass is 16.4. The predicted molar refractivity (Wildman–Crippen MR) is 101 cm³/mol. The third-order valence-electron chi connectivity index (χ3n) is 5.70. The van der Waals surface area contributed by atoms with Gasteiger partial charge >= 0.3 is 5.97 Å². The molecule has 0 atom stereocenters. The van der Waals surface area contributed by atoms with E-state index in [2.05, 4.69) is 0 Å². The van der Waals surface area contributed by atoms with Crippen molar-refractivity contribution < 1.29 is 19.5 Å². The minimum absolute atomic E-state index is 0.0307. The fourth-order valence-electron chi connectivity index (χ4n) is 4.06. The normalized spacial score (nSPS) is 18.4. The summed E-state index contributed by atoms with van der Waals surface area (Å²) in [5, 5.41) is 8.94. The first-order valence-electron chi connectivity index (χ1n) is 9.90. The summed E-state index contributed by atoms with van der Waals surface area (Å²) in [5.74, 6) is -0.154. The molecule has 2 aliphatic rings. The van der Waals surface area contributed by atoms with Crippen LogP contribution in [-0.2, 0) is 16.0 Å². The number of nitrogens with zero attached hydrogens (tertiary/aromatic N) is 2. The molecule has 1 aliphatic carbocycles. The maximum Gasteiger partial charge on any atom is 0.335 e. The standard InChI is InChI=1S/C21H28N2O4/c24-19(14-16-4-1-2-5-16)22-10-3-11-23(13-12-22)20(25)15-17-6-8-18(9-7-17)21(26)27/h6-9,16H,1-5,10-15H2,(H,26,27). The van der Waals surface area contributed by atoms with E-state index in [1.807, 2.05) is 9.80 Å². The van der Waals surface area contributed by atoms with Gasteiger partial charge in [-0.3, -0.25) is 9.59 Å². The Balaban J connectivity index is 1.50. The Kier molecular flexibility index (Phi) is 6.48. The van der Waals surface area contributed by atoms with Crippen LogP contribution in [0.5, 0.6) is 0 Å². The Labute approximate surface area is 160 Å². The summed E-state index contributed by atoms with van der Waals surface area (Å²) in [6.45, 7) is 2.57. The van der Waals surface area contributed by atoms with Crippen LogP contribution in [-0.4, -0.2) is 58.9 Å². The van der Waals surface area contributed by atoms with Crippen LogP contribution in [0.1, 0.15) is 54.4 Å². The molecule has 1 aromatic carbocycles. The molecule has 0 unspecified atom stereocenters. The first-order valence-corrected chi connectivity index (χ1v) is 9.90. The molecular formula is C21H28N2O4. The molecule has 3 rings (SSSR count). The Bertz CT molecular complexity index is 680. The average molecular weight is 372 g/mol. The maximum atomic E-state index is 12.6. The number of rotatable bonds is 5. The lowest BCUT2D eigenvalue weighted by Crippen LogP contribution is -2.38. The van der Waals surface area contributed by atoms with Gasteiger partial charge in [0, 0.05) is 32.6 Å². The first kappa shape index (κ1) is 19.4.